The number of hydrogen-bond acceptors (Lipinski definition) is 2. The number of benzene rings is 2. The van der Waals surface area contributed by atoms with E-state index in [1.165, 1.54) is 11.6 Å². The molecule has 1 fully saturated rings. The Morgan fingerprint density at radius 3 is 2.78 bits per heavy atom. The molecule has 0 bridgehead atoms. The Bertz CT molecular complexity index is 965. The number of H-pyrrole nitrogens is 1. The van der Waals surface area contributed by atoms with E-state index >= 15 is 0 Å². The number of fused-ring (bicyclic) bond motifs is 1. The van der Waals surface area contributed by atoms with Crippen molar-refractivity contribution in [2.45, 2.75) is 19.9 Å². The van der Waals surface area contributed by atoms with Crippen molar-refractivity contribution in [2.24, 2.45) is 0 Å². The average molecular weight is 365 g/mol. The van der Waals surface area contributed by atoms with Gasteiger partial charge in [-0.1, -0.05) is 30.3 Å². The van der Waals surface area contributed by atoms with E-state index in [1.807, 2.05) is 36.1 Å². The molecule has 1 aliphatic heterocycles. The van der Waals surface area contributed by atoms with Gasteiger partial charge in [-0.15, -0.1) is 0 Å². The number of nitrogens with one attached hydrogen (secondary N) is 1. The Morgan fingerprint density at radius 2 is 1.93 bits per heavy atom. The monoisotopic (exact) mass is 365 g/mol. The lowest BCUT2D eigenvalue weighted by Crippen LogP contribution is -2.35. The third kappa shape index (κ3) is 3.88. The van der Waals surface area contributed by atoms with Crippen LogP contribution in [0.1, 0.15) is 28.0 Å². The third-order valence-electron chi connectivity index (χ3n) is 5.24. The predicted octanol–water partition coefficient (Wildman–Crippen LogP) is 3.96. The highest BCUT2D eigenvalue weighted by atomic mass is 19.1. The maximum Gasteiger partial charge on any atom is 0.270 e. The molecule has 2 heterocycles. The molecule has 4 rings (SSSR count). The quantitative estimate of drug-likeness (QED) is 0.763. The SMILES string of the molecule is Cc1ccc2cc(C(=O)N3CCCN(Cc4ccccc4F)CC3)[nH]c2c1. The summed E-state index contributed by atoms with van der Waals surface area (Å²) in [6.45, 7) is 5.62. The van der Waals surface area contributed by atoms with Crippen LogP contribution in [0, 0.1) is 12.7 Å². The van der Waals surface area contributed by atoms with Crippen molar-refractivity contribution in [3.05, 3.63) is 71.2 Å². The number of aromatic amines is 1. The van der Waals surface area contributed by atoms with Gasteiger partial charge in [-0.05, 0) is 37.1 Å². The number of nitrogens with zero attached hydrogens (tertiary/aromatic N) is 2. The van der Waals surface area contributed by atoms with Crippen molar-refractivity contribution in [2.75, 3.05) is 26.2 Å². The zero-order valence-electron chi connectivity index (χ0n) is 15.5. The Balaban J connectivity index is 1.44. The molecule has 27 heavy (non-hydrogen) atoms. The number of hydrogen-bond donors (Lipinski definition) is 1. The maximum atomic E-state index is 13.9. The van der Waals surface area contributed by atoms with Gasteiger partial charge in [-0.2, -0.15) is 0 Å². The first-order chi connectivity index (χ1) is 13.1. The molecule has 0 radical (unpaired) electrons. The summed E-state index contributed by atoms with van der Waals surface area (Å²) in [5.74, 6) is -0.125. The summed E-state index contributed by atoms with van der Waals surface area (Å²) in [6, 6.07) is 15.0. The second-order valence-electron chi connectivity index (χ2n) is 7.29. The van der Waals surface area contributed by atoms with Gasteiger partial charge in [0.25, 0.3) is 5.91 Å². The van der Waals surface area contributed by atoms with Crippen LogP contribution in [0.25, 0.3) is 10.9 Å². The van der Waals surface area contributed by atoms with E-state index in [-0.39, 0.29) is 11.7 Å². The molecule has 1 aromatic heterocycles. The van der Waals surface area contributed by atoms with E-state index in [1.54, 1.807) is 6.07 Å². The molecule has 5 heteroatoms. The number of carbonyl (C=O) groups is 1. The minimum atomic E-state index is -0.164. The van der Waals surface area contributed by atoms with Gasteiger partial charge in [0.15, 0.2) is 0 Å². The van der Waals surface area contributed by atoms with Crippen LogP contribution in [-0.4, -0.2) is 46.9 Å². The van der Waals surface area contributed by atoms with E-state index in [9.17, 15) is 9.18 Å². The van der Waals surface area contributed by atoms with Crippen molar-refractivity contribution < 1.29 is 9.18 Å². The summed E-state index contributed by atoms with van der Waals surface area (Å²) in [5, 5.41) is 1.06. The second-order valence-corrected chi connectivity index (χ2v) is 7.29. The fourth-order valence-corrected chi connectivity index (χ4v) is 3.73. The first-order valence-corrected chi connectivity index (χ1v) is 9.44. The van der Waals surface area contributed by atoms with Gasteiger partial charge in [0.1, 0.15) is 11.5 Å². The molecule has 0 aliphatic carbocycles. The van der Waals surface area contributed by atoms with Crippen LogP contribution in [0.5, 0.6) is 0 Å². The molecule has 140 valence electrons. The minimum Gasteiger partial charge on any atom is -0.351 e. The third-order valence-corrected chi connectivity index (χ3v) is 5.24. The van der Waals surface area contributed by atoms with Crippen molar-refractivity contribution in [3.63, 3.8) is 0 Å². The second kappa shape index (κ2) is 7.53. The number of carbonyl (C=O) groups excluding carboxylic acids is 1. The van der Waals surface area contributed by atoms with Crippen molar-refractivity contribution in [1.82, 2.24) is 14.8 Å². The summed E-state index contributed by atoms with van der Waals surface area (Å²) >= 11 is 0. The lowest BCUT2D eigenvalue weighted by Gasteiger charge is -2.22. The maximum absolute atomic E-state index is 13.9. The predicted molar refractivity (Wildman–Crippen MR) is 105 cm³/mol. The Morgan fingerprint density at radius 1 is 1.07 bits per heavy atom. The number of rotatable bonds is 3. The van der Waals surface area contributed by atoms with Crippen LogP contribution in [0.15, 0.2) is 48.5 Å². The van der Waals surface area contributed by atoms with E-state index in [2.05, 4.69) is 22.0 Å². The summed E-state index contributed by atoms with van der Waals surface area (Å²) < 4.78 is 13.9. The van der Waals surface area contributed by atoms with Crippen molar-refractivity contribution in [3.8, 4) is 0 Å². The molecule has 4 nitrogen and oxygen atoms in total. The zero-order chi connectivity index (χ0) is 18.8. The molecular weight excluding hydrogens is 341 g/mol. The van der Waals surface area contributed by atoms with Gasteiger partial charge in [0, 0.05) is 49.2 Å². The summed E-state index contributed by atoms with van der Waals surface area (Å²) in [7, 11) is 0. The van der Waals surface area contributed by atoms with E-state index in [0.717, 1.165) is 37.0 Å². The molecule has 1 amide bonds. The van der Waals surface area contributed by atoms with Crippen LogP contribution in [0.2, 0.25) is 0 Å². The molecule has 1 aliphatic rings. The molecule has 0 atom stereocenters. The topological polar surface area (TPSA) is 39.3 Å². The average Bonchev–Trinajstić information content (AvgIpc) is 2.94. The van der Waals surface area contributed by atoms with E-state index in [0.29, 0.717) is 24.3 Å². The van der Waals surface area contributed by atoms with Gasteiger partial charge in [-0.3, -0.25) is 9.69 Å². The molecule has 0 unspecified atom stereocenters. The number of amides is 1. The van der Waals surface area contributed by atoms with Crippen LogP contribution in [0.3, 0.4) is 0 Å². The first-order valence-electron chi connectivity index (χ1n) is 9.44. The van der Waals surface area contributed by atoms with Gasteiger partial charge in [0.2, 0.25) is 0 Å². The summed E-state index contributed by atoms with van der Waals surface area (Å²) in [4.78, 5) is 20.3. The normalized spacial score (nSPS) is 15.9. The highest BCUT2D eigenvalue weighted by Crippen LogP contribution is 2.19. The van der Waals surface area contributed by atoms with Crippen molar-refractivity contribution >= 4 is 16.8 Å². The highest BCUT2D eigenvalue weighted by molar-refractivity contribution is 5.98. The highest BCUT2D eigenvalue weighted by Gasteiger charge is 2.22. The zero-order valence-corrected chi connectivity index (χ0v) is 15.5. The van der Waals surface area contributed by atoms with Crippen LogP contribution < -0.4 is 0 Å². The number of aromatic nitrogens is 1. The van der Waals surface area contributed by atoms with Crippen LogP contribution in [0.4, 0.5) is 4.39 Å². The lowest BCUT2D eigenvalue weighted by molar-refractivity contribution is 0.0756. The minimum absolute atomic E-state index is 0.0385. The molecule has 0 spiro atoms. The fraction of sp³-hybridized carbons (Fsp3) is 0.318. The standard InChI is InChI=1S/C22H24FN3O/c1-16-7-8-17-14-21(24-20(17)13-16)22(27)26-10-4-9-25(11-12-26)15-18-5-2-3-6-19(18)23/h2-3,5-8,13-14,24H,4,9-12,15H2,1H3. The molecule has 1 N–H and O–H groups in total. The van der Waals surface area contributed by atoms with Crippen LogP contribution in [-0.2, 0) is 6.54 Å². The largest absolute Gasteiger partial charge is 0.351 e. The van der Waals surface area contributed by atoms with Gasteiger partial charge >= 0.3 is 0 Å². The number of halogens is 1. The Labute approximate surface area is 158 Å². The summed E-state index contributed by atoms with van der Waals surface area (Å²) in [6.07, 6.45) is 0.888. The Kier molecular flexibility index (Phi) is 4.94. The van der Waals surface area contributed by atoms with E-state index in [4.69, 9.17) is 0 Å². The van der Waals surface area contributed by atoms with Crippen molar-refractivity contribution in [1.29, 1.82) is 0 Å². The first kappa shape index (κ1) is 17.7. The molecule has 2 aromatic carbocycles. The lowest BCUT2D eigenvalue weighted by atomic mass is 10.2. The molecule has 3 aromatic rings. The fourth-order valence-electron chi connectivity index (χ4n) is 3.73. The Hall–Kier alpha value is -2.66. The van der Waals surface area contributed by atoms with Gasteiger partial charge in [0.05, 0.1) is 0 Å². The van der Waals surface area contributed by atoms with E-state index < -0.39 is 0 Å². The van der Waals surface area contributed by atoms with Crippen LogP contribution >= 0.6 is 0 Å². The smallest absolute Gasteiger partial charge is 0.270 e. The number of aryl methyl sites for hydroxylation is 1. The molecular formula is C22H24FN3O. The molecule has 1 saturated heterocycles. The summed E-state index contributed by atoms with van der Waals surface area (Å²) in [5.41, 5.74) is 3.51. The van der Waals surface area contributed by atoms with Gasteiger partial charge < -0.3 is 9.88 Å². The molecule has 0 saturated carbocycles. The van der Waals surface area contributed by atoms with Gasteiger partial charge in [-0.25, -0.2) is 4.39 Å².